The van der Waals surface area contributed by atoms with E-state index in [9.17, 15) is 8.42 Å². The van der Waals surface area contributed by atoms with Gasteiger partial charge in [0.15, 0.2) is 0 Å². The monoisotopic (exact) mass is 298 g/mol. The maximum Gasteiger partial charge on any atom is 0.240 e. The Hall–Kier alpha value is -0.330. The molecule has 0 bridgehead atoms. The van der Waals surface area contributed by atoms with Gasteiger partial charge in [-0.15, -0.1) is 12.4 Å². The summed E-state index contributed by atoms with van der Waals surface area (Å²) in [7, 11) is -3.41. The summed E-state index contributed by atoms with van der Waals surface area (Å²) in [6.45, 7) is 0.977. The molecule has 0 heterocycles. The standard InChI is InChI=1S/C10H15ClN2O2S.ClH/c11-9-3-5-10(6-4-9)16(14,15)13-8-2-1-7-12;/h3-6,13H,1-2,7-8,12H2;1H. The highest BCUT2D eigenvalue weighted by Gasteiger charge is 2.12. The minimum atomic E-state index is -3.41. The van der Waals surface area contributed by atoms with Gasteiger partial charge in [0.1, 0.15) is 0 Å². The van der Waals surface area contributed by atoms with Crippen LogP contribution in [0, 0.1) is 0 Å². The molecule has 1 aromatic rings. The van der Waals surface area contributed by atoms with E-state index in [0.717, 1.165) is 12.8 Å². The maximum atomic E-state index is 11.7. The van der Waals surface area contributed by atoms with Crippen molar-refractivity contribution in [3.05, 3.63) is 29.3 Å². The van der Waals surface area contributed by atoms with E-state index in [-0.39, 0.29) is 17.3 Å². The molecule has 0 radical (unpaired) electrons. The van der Waals surface area contributed by atoms with E-state index in [4.69, 9.17) is 17.3 Å². The van der Waals surface area contributed by atoms with Crippen molar-refractivity contribution in [2.75, 3.05) is 13.1 Å². The van der Waals surface area contributed by atoms with Crippen LogP contribution < -0.4 is 10.5 Å². The number of nitrogens with two attached hydrogens (primary N) is 1. The fraction of sp³-hybridized carbons (Fsp3) is 0.400. The van der Waals surface area contributed by atoms with E-state index >= 15 is 0 Å². The molecular weight excluding hydrogens is 283 g/mol. The highest BCUT2D eigenvalue weighted by Crippen LogP contribution is 2.13. The lowest BCUT2D eigenvalue weighted by Gasteiger charge is -2.06. The average Bonchev–Trinajstić information content (AvgIpc) is 2.25. The summed E-state index contributed by atoms with van der Waals surface area (Å²) in [5.74, 6) is 0. The molecule has 4 nitrogen and oxygen atoms in total. The number of benzene rings is 1. The number of unbranched alkanes of at least 4 members (excludes halogenated alkanes) is 1. The van der Waals surface area contributed by atoms with Gasteiger partial charge >= 0.3 is 0 Å². The third-order valence-corrected chi connectivity index (χ3v) is 3.78. The quantitative estimate of drug-likeness (QED) is 0.786. The maximum absolute atomic E-state index is 11.7. The Morgan fingerprint density at radius 1 is 1.18 bits per heavy atom. The van der Waals surface area contributed by atoms with Gasteiger partial charge in [-0.05, 0) is 43.7 Å². The van der Waals surface area contributed by atoms with Crippen LogP contribution in [0.1, 0.15) is 12.8 Å². The summed E-state index contributed by atoms with van der Waals surface area (Å²) in [4.78, 5) is 0.227. The van der Waals surface area contributed by atoms with E-state index in [1.165, 1.54) is 12.1 Å². The molecule has 0 aliphatic carbocycles. The number of nitrogens with one attached hydrogen (secondary N) is 1. The predicted octanol–water partition coefficient (Wildman–Crippen LogP) is 1.78. The summed E-state index contributed by atoms with van der Waals surface area (Å²) < 4.78 is 25.9. The third kappa shape index (κ3) is 5.70. The first-order chi connectivity index (χ1) is 7.56. The zero-order chi connectivity index (χ0) is 12.0. The number of rotatable bonds is 6. The number of halogens is 2. The molecule has 1 rings (SSSR count). The molecule has 0 fully saturated rings. The summed E-state index contributed by atoms with van der Waals surface area (Å²) in [5.41, 5.74) is 5.31. The van der Waals surface area contributed by atoms with Crippen molar-refractivity contribution in [2.45, 2.75) is 17.7 Å². The zero-order valence-corrected chi connectivity index (χ0v) is 11.6. The van der Waals surface area contributed by atoms with Crippen LogP contribution in [-0.4, -0.2) is 21.5 Å². The molecule has 0 saturated carbocycles. The molecule has 0 aliphatic heterocycles. The molecule has 1 aromatic carbocycles. The fourth-order valence-electron chi connectivity index (χ4n) is 1.17. The first-order valence-corrected chi connectivity index (χ1v) is 6.87. The Morgan fingerprint density at radius 2 is 1.76 bits per heavy atom. The van der Waals surface area contributed by atoms with Gasteiger partial charge in [0.2, 0.25) is 10.0 Å². The molecule has 0 saturated heterocycles. The minimum absolute atomic E-state index is 0. The van der Waals surface area contributed by atoms with Gasteiger partial charge in [-0.2, -0.15) is 0 Å². The Labute approximate surface area is 113 Å². The smallest absolute Gasteiger partial charge is 0.240 e. The second-order valence-corrected chi connectivity index (χ2v) is 5.55. The summed E-state index contributed by atoms with van der Waals surface area (Å²) in [6, 6.07) is 6.06. The largest absolute Gasteiger partial charge is 0.330 e. The lowest BCUT2D eigenvalue weighted by atomic mass is 10.3. The molecule has 0 aliphatic rings. The van der Waals surface area contributed by atoms with Gasteiger partial charge in [-0.25, -0.2) is 13.1 Å². The Kier molecular flexibility index (Phi) is 7.74. The molecule has 0 spiro atoms. The number of hydrogen-bond acceptors (Lipinski definition) is 3. The van der Waals surface area contributed by atoms with Crippen LogP contribution in [0.15, 0.2) is 29.2 Å². The van der Waals surface area contributed by atoms with Crippen LogP contribution in [0.3, 0.4) is 0 Å². The van der Waals surface area contributed by atoms with Gasteiger partial charge in [0.05, 0.1) is 4.90 Å². The van der Waals surface area contributed by atoms with Gasteiger partial charge in [-0.3, -0.25) is 0 Å². The van der Waals surface area contributed by atoms with Crippen LogP contribution in [0.4, 0.5) is 0 Å². The topological polar surface area (TPSA) is 72.2 Å². The molecular formula is C10H16Cl2N2O2S. The van der Waals surface area contributed by atoms with Crippen LogP contribution in [0.5, 0.6) is 0 Å². The normalized spacial score (nSPS) is 10.9. The van der Waals surface area contributed by atoms with E-state index < -0.39 is 10.0 Å². The second-order valence-electron chi connectivity index (χ2n) is 3.35. The van der Waals surface area contributed by atoms with Gasteiger partial charge < -0.3 is 5.73 Å². The fourth-order valence-corrected chi connectivity index (χ4v) is 2.37. The Balaban J connectivity index is 0.00000256. The van der Waals surface area contributed by atoms with Crippen LogP contribution >= 0.6 is 24.0 Å². The third-order valence-electron chi connectivity index (χ3n) is 2.05. The first-order valence-electron chi connectivity index (χ1n) is 5.01. The minimum Gasteiger partial charge on any atom is -0.330 e. The zero-order valence-electron chi connectivity index (χ0n) is 9.23. The summed E-state index contributed by atoms with van der Waals surface area (Å²) >= 11 is 5.68. The predicted molar refractivity (Wildman–Crippen MR) is 72.2 cm³/mol. The highest BCUT2D eigenvalue weighted by atomic mass is 35.5. The van der Waals surface area contributed by atoms with Crippen molar-refractivity contribution in [2.24, 2.45) is 5.73 Å². The molecule has 0 amide bonds. The van der Waals surface area contributed by atoms with Crippen molar-refractivity contribution in [3.8, 4) is 0 Å². The van der Waals surface area contributed by atoms with Crippen LogP contribution in [-0.2, 0) is 10.0 Å². The molecule has 98 valence electrons. The second kappa shape index (κ2) is 7.89. The molecule has 0 atom stereocenters. The lowest BCUT2D eigenvalue weighted by Crippen LogP contribution is -2.25. The Bertz CT molecular complexity index is 420. The highest BCUT2D eigenvalue weighted by molar-refractivity contribution is 7.89. The summed E-state index contributed by atoms with van der Waals surface area (Å²) in [6.07, 6.45) is 1.55. The van der Waals surface area contributed by atoms with Gasteiger partial charge in [0, 0.05) is 11.6 Å². The number of hydrogen-bond donors (Lipinski definition) is 2. The van der Waals surface area contributed by atoms with E-state index in [0.29, 0.717) is 18.1 Å². The van der Waals surface area contributed by atoms with Gasteiger partial charge in [-0.1, -0.05) is 11.6 Å². The summed E-state index contributed by atoms with van der Waals surface area (Å²) in [5, 5.41) is 0.516. The van der Waals surface area contributed by atoms with Crippen molar-refractivity contribution >= 4 is 34.0 Å². The lowest BCUT2D eigenvalue weighted by molar-refractivity contribution is 0.577. The molecule has 0 unspecified atom stereocenters. The van der Waals surface area contributed by atoms with E-state index in [1.54, 1.807) is 12.1 Å². The van der Waals surface area contributed by atoms with Crippen LogP contribution in [0.2, 0.25) is 5.02 Å². The molecule has 3 N–H and O–H groups in total. The van der Waals surface area contributed by atoms with E-state index in [2.05, 4.69) is 4.72 Å². The average molecular weight is 299 g/mol. The van der Waals surface area contributed by atoms with Gasteiger partial charge in [0.25, 0.3) is 0 Å². The number of sulfonamides is 1. The first kappa shape index (κ1) is 16.7. The van der Waals surface area contributed by atoms with E-state index in [1.807, 2.05) is 0 Å². The molecule has 0 aromatic heterocycles. The molecule has 17 heavy (non-hydrogen) atoms. The molecule has 7 heteroatoms. The van der Waals surface area contributed by atoms with Crippen molar-refractivity contribution in [1.29, 1.82) is 0 Å². The van der Waals surface area contributed by atoms with Crippen molar-refractivity contribution < 1.29 is 8.42 Å². The Morgan fingerprint density at radius 3 is 2.29 bits per heavy atom. The van der Waals surface area contributed by atoms with Crippen LogP contribution in [0.25, 0.3) is 0 Å². The van der Waals surface area contributed by atoms with Crippen molar-refractivity contribution in [3.63, 3.8) is 0 Å². The van der Waals surface area contributed by atoms with Crippen molar-refractivity contribution in [1.82, 2.24) is 4.72 Å². The SMILES string of the molecule is Cl.NCCCCNS(=O)(=O)c1ccc(Cl)cc1.